The van der Waals surface area contributed by atoms with Gasteiger partial charge >= 0.3 is 0 Å². The molecule has 2 aliphatic rings. The molecule has 1 aliphatic heterocycles. The van der Waals surface area contributed by atoms with Gasteiger partial charge in [0.2, 0.25) is 5.91 Å². The quantitative estimate of drug-likeness (QED) is 0.510. The largest absolute Gasteiger partial charge is 0.355 e. The fourth-order valence-corrected chi connectivity index (χ4v) is 2.08. The predicted octanol–water partition coefficient (Wildman–Crippen LogP) is -0.126. The first-order chi connectivity index (χ1) is 5.36. The number of fused-ring (bicyclic) bond motifs is 1. The number of nitrogens with one attached hydrogen (secondary N) is 2. The van der Waals surface area contributed by atoms with Crippen LogP contribution < -0.4 is 10.6 Å². The summed E-state index contributed by atoms with van der Waals surface area (Å²) in [5, 5.41) is 6.20. The third-order valence-corrected chi connectivity index (χ3v) is 2.75. The maximum absolute atomic E-state index is 10.9. The van der Waals surface area contributed by atoms with Crippen molar-refractivity contribution in [3.8, 4) is 0 Å². The number of hydrogen-bond donors (Lipinski definition) is 2. The molecule has 0 aromatic heterocycles. The van der Waals surface area contributed by atoms with E-state index in [1.165, 1.54) is 19.3 Å². The van der Waals surface area contributed by atoms with E-state index in [0.717, 1.165) is 6.54 Å². The molecule has 1 heterocycles. The van der Waals surface area contributed by atoms with E-state index in [1.54, 1.807) is 0 Å². The Morgan fingerprint density at radius 1 is 1.36 bits per heavy atom. The number of carbonyl (C=O) groups is 1. The number of amides is 1. The Bertz CT molecular complexity index is 153. The van der Waals surface area contributed by atoms with E-state index in [-0.39, 0.29) is 5.91 Å². The third-order valence-electron chi connectivity index (χ3n) is 2.75. The lowest BCUT2D eigenvalue weighted by molar-refractivity contribution is -0.119. The van der Waals surface area contributed by atoms with Gasteiger partial charge in [-0.05, 0) is 18.8 Å². The second-order valence-corrected chi connectivity index (χ2v) is 3.48. The highest BCUT2D eigenvalue weighted by atomic mass is 16.1. The Balaban J connectivity index is 2.00. The number of carbonyl (C=O) groups excluding carboxylic acids is 1. The first-order valence-electron chi connectivity index (χ1n) is 4.36. The van der Waals surface area contributed by atoms with Gasteiger partial charge in [0.05, 0.1) is 6.54 Å². The Labute approximate surface area is 66.5 Å². The zero-order valence-electron chi connectivity index (χ0n) is 6.60. The van der Waals surface area contributed by atoms with Crippen LogP contribution in [0.4, 0.5) is 0 Å². The summed E-state index contributed by atoms with van der Waals surface area (Å²) in [5.74, 6) is 0.848. The molecule has 2 N–H and O–H groups in total. The van der Waals surface area contributed by atoms with Gasteiger partial charge in [0.25, 0.3) is 0 Å². The standard InChI is InChI=1S/C8H14N2O/c11-8-5-9-7-3-1-2-6(7)4-10-8/h6-7,9H,1-5H2,(H,10,11)/t6-,7-/m0/s1. The minimum Gasteiger partial charge on any atom is -0.355 e. The van der Waals surface area contributed by atoms with E-state index in [2.05, 4.69) is 10.6 Å². The average Bonchev–Trinajstić information content (AvgIpc) is 2.38. The molecule has 11 heavy (non-hydrogen) atoms. The first-order valence-corrected chi connectivity index (χ1v) is 4.36. The molecule has 1 aliphatic carbocycles. The van der Waals surface area contributed by atoms with Crippen LogP contribution in [0.1, 0.15) is 19.3 Å². The number of hydrogen-bond acceptors (Lipinski definition) is 2. The van der Waals surface area contributed by atoms with Crippen LogP contribution in [0.25, 0.3) is 0 Å². The second-order valence-electron chi connectivity index (χ2n) is 3.48. The number of rotatable bonds is 0. The minimum atomic E-state index is 0.152. The summed E-state index contributed by atoms with van der Waals surface area (Å²) < 4.78 is 0. The van der Waals surface area contributed by atoms with Crippen molar-refractivity contribution >= 4 is 5.91 Å². The van der Waals surface area contributed by atoms with E-state index < -0.39 is 0 Å². The lowest BCUT2D eigenvalue weighted by Crippen LogP contribution is -2.33. The van der Waals surface area contributed by atoms with Gasteiger partial charge in [-0.2, -0.15) is 0 Å². The summed E-state index contributed by atoms with van der Waals surface area (Å²) in [6, 6.07) is 0.606. The Morgan fingerprint density at radius 2 is 2.27 bits per heavy atom. The molecule has 1 amide bonds. The predicted molar refractivity (Wildman–Crippen MR) is 42.1 cm³/mol. The second kappa shape index (κ2) is 2.81. The summed E-state index contributed by atoms with van der Waals surface area (Å²) in [4.78, 5) is 10.9. The lowest BCUT2D eigenvalue weighted by atomic mass is 10.0. The Kier molecular flexibility index (Phi) is 1.82. The highest BCUT2D eigenvalue weighted by Crippen LogP contribution is 2.25. The van der Waals surface area contributed by atoms with Crippen molar-refractivity contribution in [3.05, 3.63) is 0 Å². The molecule has 1 saturated heterocycles. The fourth-order valence-electron chi connectivity index (χ4n) is 2.08. The van der Waals surface area contributed by atoms with E-state index in [0.29, 0.717) is 18.5 Å². The van der Waals surface area contributed by atoms with Gasteiger partial charge in [0.15, 0.2) is 0 Å². The Morgan fingerprint density at radius 3 is 3.18 bits per heavy atom. The molecule has 3 nitrogen and oxygen atoms in total. The molecule has 3 heteroatoms. The normalized spacial score (nSPS) is 37.6. The molecule has 1 saturated carbocycles. The molecule has 0 aromatic rings. The summed E-state index contributed by atoms with van der Waals surface area (Å²) in [7, 11) is 0. The van der Waals surface area contributed by atoms with E-state index in [4.69, 9.17) is 0 Å². The highest BCUT2D eigenvalue weighted by Gasteiger charge is 2.29. The smallest absolute Gasteiger partial charge is 0.233 e. The zero-order chi connectivity index (χ0) is 7.68. The van der Waals surface area contributed by atoms with Crippen LogP contribution >= 0.6 is 0 Å². The summed E-state index contributed by atoms with van der Waals surface area (Å²) in [6.45, 7) is 1.40. The van der Waals surface area contributed by atoms with Crippen molar-refractivity contribution < 1.29 is 4.79 Å². The molecule has 0 unspecified atom stereocenters. The maximum Gasteiger partial charge on any atom is 0.233 e. The van der Waals surface area contributed by atoms with E-state index >= 15 is 0 Å². The third kappa shape index (κ3) is 1.38. The molecular formula is C8H14N2O. The van der Waals surface area contributed by atoms with Gasteiger partial charge < -0.3 is 10.6 Å². The van der Waals surface area contributed by atoms with Crippen molar-refractivity contribution in [2.24, 2.45) is 5.92 Å². The van der Waals surface area contributed by atoms with Crippen molar-refractivity contribution in [1.82, 2.24) is 10.6 Å². The lowest BCUT2D eigenvalue weighted by Gasteiger charge is -2.14. The van der Waals surface area contributed by atoms with Gasteiger partial charge in [0.1, 0.15) is 0 Å². The fraction of sp³-hybridized carbons (Fsp3) is 0.875. The van der Waals surface area contributed by atoms with Gasteiger partial charge in [-0.25, -0.2) is 0 Å². The van der Waals surface area contributed by atoms with E-state index in [9.17, 15) is 4.79 Å². The molecule has 62 valence electrons. The monoisotopic (exact) mass is 154 g/mol. The molecule has 0 bridgehead atoms. The van der Waals surface area contributed by atoms with Crippen LogP contribution in [0.15, 0.2) is 0 Å². The van der Waals surface area contributed by atoms with Crippen LogP contribution in [0.3, 0.4) is 0 Å². The van der Waals surface area contributed by atoms with Crippen LogP contribution in [0.5, 0.6) is 0 Å². The van der Waals surface area contributed by atoms with Gasteiger partial charge in [-0.15, -0.1) is 0 Å². The summed E-state index contributed by atoms with van der Waals surface area (Å²) >= 11 is 0. The maximum atomic E-state index is 10.9. The zero-order valence-corrected chi connectivity index (χ0v) is 6.60. The van der Waals surface area contributed by atoms with Crippen LogP contribution in [0.2, 0.25) is 0 Å². The average molecular weight is 154 g/mol. The van der Waals surface area contributed by atoms with Crippen molar-refractivity contribution in [2.75, 3.05) is 13.1 Å². The molecule has 0 aromatic carbocycles. The summed E-state index contributed by atoms with van der Waals surface area (Å²) in [6.07, 6.45) is 3.84. The molecule has 0 spiro atoms. The minimum absolute atomic E-state index is 0.152. The molecule has 2 atom stereocenters. The molecule has 2 rings (SSSR count). The Hall–Kier alpha value is -0.570. The molecule has 2 fully saturated rings. The first kappa shape index (κ1) is 7.10. The van der Waals surface area contributed by atoms with Crippen LogP contribution in [0, 0.1) is 5.92 Å². The van der Waals surface area contributed by atoms with Gasteiger partial charge in [0, 0.05) is 12.6 Å². The highest BCUT2D eigenvalue weighted by molar-refractivity contribution is 5.78. The van der Waals surface area contributed by atoms with Crippen LogP contribution in [-0.2, 0) is 4.79 Å². The van der Waals surface area contributed by atoms with E-state index in [1.807, 2.05) is 0 Å². The summed E-state index contributed by atoms with van der Waals surface area (Å²) in [5.41, 5.74) is 0. The van der Waals surface area contributed by atoms with Gasteiger partial charge in [-0.3, -0.25) is 4.79 Å². The topological polar surface area (TPSA) is 41.1 Å². The van der Waals surface area contributed by atoms with Crippen molar-refractivity contribution in [1.29, 1.82) is 0 Å². The van der Waals surface area contributed by atoms with Crippen LogP contribution in [-0.4, -0.2) is 25.0 Å². The molecule has 0 radical (unpaired) electrons. The molecular weight excluding hydrogens is 140 g/mol. The van der Waals surface area contributed by atoms with Gasteiger partial charge in [-0.1, -0.05) is 6.42 Å². The SMILES string of the molecule is O=C1CN[C@H]2CCC[C@H]2CN1. The van der Waals surface area contributed by atoms with Crippen molar-refractivity contribution in [2.45, 2.75) is 25.3 Å². The van der Waals surface area contributed by atoms with Crippen molar-refractivity contribution in [3.63, 3.8) is 0 Å².